The highest BCUT2D eigenvalue weighted by atomic mass is 32.2. The van der Waals surface area contributed by atoms with E-state index in [2.05, 4.69) is 4.74 Å². The monoisotopic (exact) mass is 213 g/mol. The number of rotatable bonds is 2. The highest BCUT2D eigenvalue weighted by molar-refractivity contribution is 7.82. The van der Waals surface area contributed by atoms with E-state index in [-0.39, 0.29) is 5.56 Å². The van der Waals surface area contributed by atoms with Crippen LogP contribution in [-0.4, -0.2) is 17.3 Å². The lowest BCUT2D eigenvalue weighted by molar-refractivity contribution is 0.0596. The molecule has 4 nitrogen and oxygen atoms in total. The lowest BCUT2D eigenvalue weighted by atomic mass is 10.1. The van der Waals surface area contributed by atoms with E-state index >= 15 is 0 Å². The summed E-state index contributed by atoms with van der Waals surface area (Å²) in [4.78, 5) is 11.5. The van der Waals surface area contributed by atoms with Gasteiger partial charge in [-0.15, -0.1) is 0 Å². The third kappa shape index (κ3) is 2.18. The van der Waals surface area contributed by atoms with E-state index < -0.39 is 17.0 Å². The van der Waals surface area contributed by atoms with Crippen molar-refractivity contribution in [1.82, 2.24) is 0 Å². The Morgan fingerprint density at radius 3 is 2.64 bits per heavy atom. The Balaban J connectivity index is 3.28. The number of carbonyl (C=O) groups is 1. The molecule has 14 heavy (non-hydrogen) atoms. The van der Waals surface area contributed by atoms with Crippen LogP contribution in [-0.2, 0) is 15.7 Å². The first kappa shape index (κ1) is 10.9. The van der Waals surface area contributed by atoms with Gasteiger partial charge in [0, 0.05) is 0 Å². The zero-order chi connectivity index (χ0) is 10.7. The molecule has 1 aromatic rings. The first-order valence-corrected chi connectivity index (χ1v) is 5.12. The van der Waals surface area contributed by atoms with Crippen LogP contribution in [0.4, 0.5) is 0 Å². The molecule has 0 amide bonds. The van der Waals surface area contributed by atoms with Crippen LogP contribution in [0.5, 0.6) is 0 Å². The first-order chi connectivity index (χ1) is 6.56. The summed E-state index contributed by atoms with van der Waals surface area (Å²) < 4.78 is 15.7. The van der Waals surface area contributed by atoms with Crippen LogP contribution in [0.3, 0.4) is 0 Å². The van der Waals surface area contributed by atoms with E-state index in [1.165, 1.54) is 7.11 Å². The number of ether oxygens (including phenoxy) is 1. The molecule has 0 aliphatic carbocycles. The molecule has 0 heterocycles. The smallest absolute Gasteiger partial charge is 0.339 e. The van der Waals surface area contributed by atoms with Crippen molar-refractivity contribution in [1.29, 1.82) is 0 Å². The van der Waals surface area contributed by atoms with Crippen molar-refractivity contribution < 1.29 is 13.7 Å². The first-order valence-electron chi connectivity index (χ1n) is 3.91. The quantitative estimate of drug-likeness (QED) is 0.737. The summed E-state index contributed by atoms with van der Waals surface area (Å²) in [6, 6.07) is 4.91. The van der Waals surface area contributed by atoms with Crippen molar-refractivity contribution in [2.45, 2.75) is 11.8 Å². The Hall–Kier alpha value is -1.20. The highest BCUT2D eigenvalue weighted by Gasteiger charge is 2.14. The lowest BCUT2D eigenvalue weighted by Crippen LogP contribution is -2.11. The van der Waals surface area contributed by atoms with Gasteiger partial charge in [-0.25, -0.2) is 14.1 Å². The van der Waals surface area contributed by atoms with E-state index in [1.54, 1.807) is 18.2 Å². The zero-order valence-electron chi connectivity index (χ0n) is 7.94. The van der Waals surface area contributed by atoms with Gasteiger partial charge in [0.25, 0.3) is 0 Å². The van der Waals surface area contributed by atoms with Gasteiger partial charge in [-0.05, 0) is 24.6 Å². The van der Waals surface area contributed by atoms with E-state index in [4.69, 9.17) is 5.14 Å². The minimum Gasteiger partial charge on any atom is -0.465 e. The largest absolute Gasteiger partial charge is 0.465 e. The van der Waals surface area contributed by atoms with E-state index in [9.17, 15) is 9.00 Å². The van der Waals surface area contributed by atoms with Crippen LogP contribution in [0.25, 0.3) is 0 Å². The average Bonchev–Trinajstić information content (AvgIpc) is 2.16. The summed E-state index contributed by atoms with van der Waals surface area (Å²) in [6.07, 6.45) is 0. The Morgan fingerprint density at radius 1 is 1.50 bits per heavy atom. The van der Waals surface area contributed by atoms with Gasteiger partial charge in [-0.3, -0.25) is 0 Å². The fraction of sp³-hybridized carbons (Fsp3) is 0.222. The summed E-state index contributed by atoms with van der Waals surface area (Å²) in [5.74, 6) is -0.529. The van der Waals surface area contributed by atoms with Crippen LogP contribution in [0, 0.1) is 6.92 Å². The third-order valence-electron chi connectivity index (χ3n) is 1.76. The van der Waals surface area contributed by atoms with Gasteiger partial charge in [0.05, 0.1) is 17.6 Å². The number of esters is 1. The number of methoxy groups -OCH3 is 1. The average molecular weight is 213 g/mol. The van der Waals surface area contributed by atoms with E-state index in [1.807, 2.05) is 6.92 Å². The predicted molar refractivity (Wildman–Crippen MR) is 53.1 cm³/mol. The minimum absolute atomic E-state index is 0.249. The molecule has 0 aliphatic rings. The maximum Gasteiger partial charge on any atom is 0.339 e. The van der Waals surface area contributed by atoms with Crippen LogP contribution in [0.2, 0.25) is 0 Å². The van der Waals surface area contributed by atoms with Crippen molar-refractivity contribution in [3.63, 3.8) is 0 Å². The molecule has 0 spiro atoms. The normalized spacial score (nSPS) is 12.2. The lowest BCUT2D eigenvalue weighted by Gasteiger charge is -2.05. The number of carbonyl (C=O) groups excluding carboxylic acids is 1. The predicted octanol–water partition coefficient (Wildman–Crippen LogP) is 0.763. The molecule has 1 rings (SSSR count). The summed E-state index contributed by atoms with van der Waals surface area (Å²) in [7, 11) is -0.405. The molecule has 0 aliphatic heterocycles. The number of hydrogen-bond acceptors (Lipinski definition) is 3. The fourth-order valence-corrected chi connectivity index (χ4v) is 1.74. The highest BCUT2D eigenvalue weighted by Crippen LogP contribution is 2.14. The standard InChI is InChI=1S/C9H11NO3S/c1-6-3-4-7(9(11)13-2)8(5-6)14(10)12/h3-5H,10H2,1-2H3. The number of aryl methyl sites for hydroxylation is 1. The van der Waals surface area contributed by atoms with Gasteiger partial charge < -0.3 is 4.74 Å². The third-order valence-corrected chi connectivity index (χ3v) is 2.53. The second-order valence-corrected chi connectivity index (χ2v) is 3.82. The molecule has 1 unspecified atom stereocenters. The molecule has 5 heteroatoms. The maximum atomic E-state index is 11.2. The maximum absolute atomic E-state index is 11.2. The Bertz CT molecular complexity index is 390. The molecule has 1 atom stereocenters. The van der Waals surface area contributed by atoms with Crippen LogP contribution >= 0.6 is 0 Å². The SMILES string of the molecule is COC(=O)c1ccc(C)cc1S(N)=O. The van der Waals surface area contributed by atoms with Gasteiger partial charge in [0.2, 0.25) is 0 Å². The fourth-order valence-electron chi connectivity index (χ4n) is 1.07. The van der Waals surface area contributed by atoms with E-state index in [0.29, 0.717) is 4.90 Å². The van der Waals surface area contributed by atoms with Gasteiger partial charge in [0.15, 0.2) is 0 Å². The van der Waals surface area contributed by atoms with Gasteiger partial charge in [-0.1, -0.05) is 6.07 Å². The van der Waals surface area contributed by atoms with Gasteiger partial charge >= 0.3 is 5.97 Å². The summed E-state index contributed by atoms with van der Waals surface area (Å²) in [6.45, 7) is 1.83. The minimum atomic E-state index is -1.67. The number of hydrogen-bond donors (Lipinski definition) is 1. The molecule has 2 N–H and O–H groups in total. The Morgan fingerprint density at radius 2 is 2.14 bits per heavy atom. The molecular weight excluding hydrogens is 202 g/mol. The Kier molecular flexibility index (Phi) is 3.38. The topological polar surface area (TPSA) is 69.4 Å². The summed E-state index contributed by atoms with van der Waals surface area (Å²) >= 11 is 0. The number of benzene rings is 1. The molecule has 0 bridgehead atoms. The molecule has 0 saturated carbocycles. The molecule has 0 aromatic heterocycles. The van der Waals surface area contributed by atoms with Crippen molar-refractivity contribution in [2.24, 2.45) is 5.14 Å². The molecule has 0 radical (unpaired) electrons. The van der Waals surface area contributed by atoms with Crippen LogP contribution in [0.15, 0.2) is 23.1 Å². The molecule has 1 aromatic carbocycles. The molecule has 0 fully saturated rings. The molecule has 76 valence electrons. The van der Waals surface area contributed by atoms with E-state index in [0.717, 1.165) is 5.56 Å². The van der Waals surface area contributed by atoms with Crippen molar-refractivity contribution >= 4 is 17.0 Å². The van der Waals surface area contributed by atoms with Crippen molar-refractivity contribution in [3.05, 3.63) is 29.3 Å². The summed E-state index contributed by atoms with van der Waals surface area (Å²) in [5.41, 5.74) is 1.14. The molecule has 0 saturated heterocycles. The zero-order valence-corrected chi connectivity index (χ0v) is 8.76. The van der Waals surface area contributed by atoms with Crippen LogP contribution in [0.1, 0.15) is 15.9 Å². The Labute approximate surface area is 84.7 Å². The van der Waals surface area contributed by atoms with Gasteiger partial charge in [-0.2, -0.15) is 0 Å². The summed E-state index contributed by atoms with van der Waals surface area (Å²) in [5, 5.41) is 5.24. The molecular formula is C9H11NO3S. The van der Waals surface area contributed by atoms with Crippen molar-refractivity contribution in [3.8, 4) is 0 Å². The van der Waals surface area contributed by atoms with Gasteiger partial charge in [0.1, 0.15) is 11.0 Å². The number of nitrogens with two attached hydrogens (primary N) is 1. The second kappa shape index (κ2) is 4.34. The van der Waals surface area contributed by atoms with Crippen molar-refractivity contribution in [2.75, 3.05) is 7.11 Å². The van der Waals surface area contributed by atoms with Crippen LogP contribution < -0.4 is 5.14 Å². The second-order valence-electron chi connectivity index (χ2n) is 2.79.